The minimum absolute atomic E-state index is 0. The third-order valence-electron chi connectivity index (χ3n) is 1.26. The lowest BCUT2D eigenvalue weighted by atomic mass is 10.3. The first-order valence-electron chi connectivity index (χ1n) is 2.97. The molecule has 2 unspecified atom stereocenters. The van der Waals surface area contributed by atoms with E-state index in [4.69, 9.17) is 4.74 Å². The van der Waals surface area contributed by atoms with Crippen molar-refractivity contribution in [2.45, 2.75) is 0 Å². The first-order chi connectivity index (χ1) is 4.86. The van der Waals surface area contributed by atoms with Gasteiger partial charge in [-0.05, 0) is 17.4 Å². The van der Waals surface area contributed by atoms with Crippen LogP contribution in [0.1, 0.15) is 0 Å². The Balaban J connectivity index is 0. The molecule has 0 bridgehead atoms. The maximum absolute atomic E-state index is 5.01. The zero-order valence-corrected chi connectivity index (χ0v) is 10.4. The molecule has 1 aromatic carbocycles. The summed E-state index contributed by atoms with van der Waals surface area (Å²) in [7, 11) is 5.18. The Morgan fingerprint density at radius 2 is 1.67 bits per heavy atom. The quantitative estimate of drug-likeness (QED) is 0.727. The van der Waals surface area contributed by atoms with Gasteiger partial charge in [-0.2, -0.15) is 0 Å². The minimum Gasteiger partial charge on any atom is -0.497 e. The molecule has 0 amide bonds. The molecule has 0 aliphatic rings. The first kappa shape index (κ1) is 15.0. The van der Waals surface area contributed by atoms with E-state index >= 15 is 0 Å². The monoisotopic (exact) mass is 244 g/mol. The van der Waals surface area contributed by atoms with Crippen molar-refractivity contribution in [3.8, 4) is 5.75 Å². The fourth-order valence-corrected chi connectivity index (χ4v) is 1.62. The number of ether oxygens (including phenoxy) is 1. The van der Waals surface area contributed by atoms with Gasteiger partial charge in [0.2, 0.25) is 0 Å². The average Bonchev–Trinajstić information content (AvgIpc) is 2.05. The van der Waals surface area contributed by atoms with Gasteiger partial charge in [-0.15, -0.1) is 33.7 Å². The number of methoxy groups -OCH3 is 1. The summed E-state index contributed by atoms with van der Waals surface area (Å²) < 4.78 is 5.01. The number of hydrogen-bond donors (Lipinski definition) is 0. The predicted molar refractivity (Wildman–Crippen MR) is 65.1 cm³/mol. The van der Waals surface area contributed by atoms with Crippen molar-refractivity contribution < 1.29 is 4.74 Å². The van der Waals surface area contributed by atoms with E-state index in [9.17, 15) is 0 Å². The number of hydrogen-bond acceptors (Lipinski definition) is 1. The fraction of sp³-hybridized carbons (Fsp3) is 0.143. The van der Waals surface area contributed by atoms with Crippen LogP contribution in [0.15, 0.2) is 24.3 Å². The molecule has 0 spiro atoms. The van der Waals surface area contributed by atoms with E-state index in [0.29, 0.717) is 0 Å². The van der Waals surface area contributed by atoms with E-state index in [-0.39, 0.29) is 24.8 Å². The van der Waals surface area contributed by atoms with Crippen molar-refractivity contribution in [1.29, 1.82) is 0 Å². The van der Waals surface area contributed by atoms with E-state index in [1.807, 2.05) is 12.1 Å². The van der Waals surface area contributed by atoms with Crippen molar-refractivity contribution in [1.82, 2.24) is 0 Å². The van der Waals surface area contributed by atoms with Crippen LogP contribution >= 0.6 is 42.0 Å². The summed E-state index contributed by atoms with van der Waals surface area (Å²) in [6.45, 7) is 0. The van der Waals surface area contributed by atoms with Gasteiger partial charge in [-0.3, -0.25) is 0 Å². The highest BCUT2D eigenvalue weighted by Crippen LogP contribution is 2.20. The lowest BCUT2D eigenvalue weighted by molar-refractivity contribution is 0.415. The second-order valence-corrected chi connectivity index (χ2v) is 3.60. The van der Waals surface area contributed by atoms with Crippen LogP contribution < -0.4 is 10.0 Å². The summed E-state index contributed by atoms with van der Waals surface area (Å²) in [6, 6.07) is 8.10. The number of halogens is 2. The molecular weight excluding hydrogens is 233 g/mol. The summed E-state index contributed by atoms with van der Waals surface area (Å²) >= 11 is 0. The predicted octanol–water partition coefficient (Wildman–Crippen LogP) is 2.63. The van der Waals surface area contributed by atoms with Gasteiger partial charge in [0.25, 0.3) is 0 Å². The molecule has 2 atom stereocenters. The molecule has 0 heterocycles. The molecule has 0 aliphatic carbocycles. The normalized spacial score (nSPS) is 8.83. The molecule has 0 aromatic heterocycles. The third-order valence-corrected chi connectivity index (χ3v) is 2.92. The number of benzene rings is 1. The van der Waals surface area contributed by atoms with Gasteiger partial charge < -0.3 is 4.74 Å². The topological polar surface area (TPSA) is 9.23 Å². The van der Waals surface area contributed by atoms with Crippen molar-refractivity contribution >= 4 is 47.3 Å². The lowest BCUT2D eigenvalue weighted by Gasteiger charge is -1.99. The summed E-state index contributed by atoms with van der Waals surface area (Å²) in [4.78, 5) is 0. The van der Waals surface area contributed by atoms with Crippen LogP contribution in [0.25, 0.3) is 0 Å². The molecule has 0 aliphatic heterocycles. The smallest absolute Gasteiger partial charge is 0.118 e. The van der Waals surface area contributed by atoms with Crippen LogP contribution in [0.2, 0.25) is 0 Å². The average molecular weight is 245 g/mol. The summed E-state index contributed by atoms with van der Waals surface area (Å²) in [5, 5.41) is 1.34. The second kappa shape index (κ2) is 8.08. The molecule has 1 rings (SSSR count). The lowest BCUT2D eigenvalue weighted by Crippen LogP contribution is -1.90. The van der Waals surface area contributed by atoms with Crippen molar-refractivity contribution in [2.24, 2.45) is 0 Å². The van der Waals surface area contributed by atoms with E-state index in [1.165, 1.54) is 5.30 Å². The largest absolute Gasteiger partial charge is 0.497 e. The first-order valence-corrected chi connectivity index (χ1v) is 5.78. The van der Waals surface area contributed by atoms with Crippen LogP contribution in [0.4, 0.5) is 0 Å². The van der Waals surface area contributed by atoms with E-state index in [0.717, 1.165) is 14.0 Å². The van der Waals surface area contributed by atoms with Crippen molar-refractivity contribution in [2.75, 3.05) is 7.11 Å². The van der Waals surface area contributed by atoms with Crippen molar-refractivity contribution in [3.63, 3.8) is 0 Å². The summed E-state index contributed by atoms with van der Waals surface area (Å²) in [5.74, 6) is 0.923. The third kappa shape index (κ3) is 4.48. The van der Waals surface area contributed by atoms with Crippen LogP contribution in [0.3, 0.4) is 0 Å². The van der Waals surface area contributed by atoms with E-state index in [1.54, 1.807) is 7.11 Å². The SMILES string of the molecule is COc1ccc(PP)cc1.Cl.Cl. The molecule has 1 aromatic rings. The highest BCUT2D eigenvalue weighted by Gasteiger charge is 1.89. The Morgan fingerprint density at radius 3 is 2.00 bits per heavy atom. The zero-order valence-electron chi connectivity index (χ0n) is 6.61. The van der Waals surface area contributed by atoms with Gasteiger partial charge in [0, 0.05) is 0 Å². The van der Waals surface area contributed by atoms with Gasteiger partial charge in [0.05, 0.1) is 7.11 Å². The van der Waals surface area contributed by atoms with Crippen LogP contribution in [0, 0.1) is 0 Å². The Hall–Kier alpha value is 0.460. The molecule has 1 nitrogen and oxygen atoms in total. The molecular formula is C7H12Cl2OP2. The summed E-state index contributed by atoms with van der Waals surface area (Å²) in [5.41, 5.74) is 0. The minimum atomic E-state index is 0. The van der Waals surface area contributed by atoms with Crippen molar-refractivity contribution in [3.05, 3.63) is 24.3 Å². The van der Waals surface area contributed by atoms with Gasteiger partial charge in [0.1, 0.15) is 5.75 Å². The van der Waals surface area contributed by atoms with Gasteiger partial charge in [0.15, 0.2) is 0 Å². The number of rotatable bonds is 2. The van der Waals surface area contributed by atoms with E-state index < -0.39 is 0 Å². The standard InChI is InChI=1S/C7H10OP2.2ClH/c1-8-6-2-4-7(10-9)5-3-6;;/h2-5,10H,9H2,1H3;2*1H. The van der Waals surface area contributed by atoms with Crippen LogP contribution in [-0.4, -0.2) is 7.11 Å². The maximum Gasteiger partial charge on any atom is 0.118 e. The Kier molecular flexibility index (Phi) is 10.1. The summed E-state index contributed by atoms with van der Waals surface area (Å²) in [6.07, 6.45) is 0. The molecule has 0 saturated carbocycles. The van der Waals surface area contributed by atoms with Gasteiger partial charge in [-0.1, -0.05) is 20.4 Å². The van der Waals surface area contributed by atoms with Crippen LogP contribution in [-0.2, 0) is 0 Å². The van der Waals surface area contributed by atoms with Gasteiger partial charge in [-0.25, -0.2) is 0 Å². The highest BCUT2D eigenvalue weighted by atomic mass is 35.5. The molecule has 5 heteroatoms. The molecule has 0 N–H and O–H groups in total. The Labute approximate surface area is 89.4 Å². The Bertz CT molecular complexity index is 180. The second-order valence-electron chi connectivity index (χ2n) is 1.87. The molecule has 12 heavy (non-hydrogen) atoms. The zero-order chi connectivity index (χ0) is 7.40. The molecule has 0 saturated heterocycles. The fourth-order valence-electron chi connectivity index (χ4n) is 0.687. The van der Waals surface area contributed by atoms with E-state index in [2.05, 4.69) is 21.1 Å². The highest BCUT2D eigenvalue weighted by molar-refractivity contribution is 8.06. The maximum atomic E-state index is 5.01. The van der Waals surface area contributed by atoms with Gasteiger partial charge >= 0.3 is 0 Å². The Morgan fingerprint density at radius 1 is 1.17 bits per heavy atom. The molecule has 0 radical (unpaired) electrons. The molecule has 0 fully saturated rings. The van der Waals surface area contributed by atoms with Crippen LogP contribution in [0.5, 0.6) is 5.75 Å². The molecule has 70 valence electrons.